The first-order valence-corrected chi connectivity index (χ1v) is 8.90. The summed E-state index contributed by atoms with van der Waals surface area (Å²) in [4.78, 5) is 12.7. The fourth-order valence-corrected chi connectivity index (χ4v) is 3.61. The summed E-state index contributed by atoms with van der Waals surface area (Å²) in [5.74, 6) is 0. The Labute approximate surface area is 157 Å². The first-order chi connectivity index (χ1) is 12.6. The van der Waals surface area contributed by atoms with E-state index in [0.29, 0.717) is 4.88 Å². The molecule has 1 unspecified atom stereocenters. The van der Waals surface area contributed by atoms with Crippen LogP contribution in [-0.2, 0) is 11.8 Å². The van der Waals surface area contributed by atoms with Gasteiger partial charge in [0.05, 0.1) is 12.1 Å². The van der Waals surface area contributed by atoms with Crippen LogP contribution in [0.2, 0.25) is 0 Å². The van der Waals surface area contributed by atoms with Gasteiger partial charge in [0.15, 0.2) is 0 Å². The molecule has 27 heavy (non-hydrogen) atoms. The fraction of sp³-hybridized carbons (Fsp3) is 0.211. The third kappa shape index (κ3) is 4.58. The molecule has 3 N–H and O–H groups in total. The fourth-order valence-electron chi connectivity index (χ4n) is 2.50. The predicted molar refractivity (Wildman–Crippen MR) is 99.9 cm³/mol. The van der Waals surface area contributed by atoms with Crippen molar-refractivity contribution in [3.8, 4) is 0 Å². The van der Waals surface area contributed by atoms with Gasteiger partial charge in [-0.15, -0.1) is 11.3 Å². The number of alkyl halides is 3. The van der Waals surface area contributed by atoms with E-state index in [1.807, 2.05) is 30.3 Å². The summed E-state index contributed by atoms with van der Waals surface area (Å²) < 4.78 is 38.7. The molecule has 0 saturated heterocycles. The predicted octanol–water partition coefficient (Wildman–Crippen LogP) is 4.95. The molecule has 0 aliphatic heterocycles. The highest BCUT2D eigenvalue weighted by Crippen LogP contribution is 2.33. The van der Waals surface area contributed by atoms with Crippen molar-refractivity contribution in [1.82, 2.24) is 5.32 Å². The number of carbonyl (C=O) groups is 1. The summed E-state index contributed by atoms with van der Waals surface area (Å²) in [6.07, 6.45) is -4.43. The van der Waals surface area contributed by atoms with Gasteiger partial charge in [-0.2, -0.15) is 13.2 Å². The Morgan fingerprint density at radius 3 is 2.41 bits per heavy atom. The number of rotatable bonds is 4. The molecule has 8 heteroatoms. The lowest BCUT2D eigenvalue weighted by molar-refractivity contribution is -0.137. The van der Waals surface area contributed by atoms with E-state index >= 15 is 0 Å². The van der Waals surface area contributed by atoms with E-state index in [-0.39, 0.29) is 12.2 Å². The largest absolute Gasteiger partial charge is 0.416 e. The topological polar surface area (TPSA) is 61.4 Å². The lowest BCUT2D eigenvalue weighted by Crippen LogP contribution is -2.40. The molecule has 2 aromatic carbocycles. The molecule has 1 atom stereocenters. The van der Waals surface area contributed by atoms with Crippen molar-refractivity contribution in [1.29, 1.82) is 0 Å². The number of benzene rings is 2. The average Bonchev–Trinajstić information content (AvgIpc) is 3.05. The second-order valence-corrected chi connectivity index (χ2v) is 7.39. The van der Waals surface area contributed by atoms with Crippen molar-refractivity contribution in [2.45, 2.75) is 18.7 Å². The molecule has 0 spiro atoms. The molecule has 0 bridgehead atoms. The number of hydrogen-bond acceptors (Lipinski definition) is 3. The van der Waals surface area contributed by atoms with Gasteiger partial charge in [-0.25, -0.2) is 4.79 Å². The normalized spacial score (nSPS) is 14.0. The lowest BCUT2D eigenvalue weighted by Gasteiger charge is -2.22. The van der Waals surface area contributed by atoms with Gasteiger partial charge in [0.25, 0.3) is 0 Å². The first-order valence-electron chi connectivity index (χ1n) is 8.09. The van der Waals surface area contributed by atoms with E-state index < -0.39 is 23.4 Å². The number of nitrogens with one attached hydrogen (secondary N) is 2. The number of aliphatic hydroxyl groups is 1. The van der Waals surface area contributed by atoms with E-state index in [1.54, 1.807) is 6.92 Å². The minimum atomic E-state index is -4.43. The maximum Gasteiger partial charge on any atom is 0.416 e. The molecule has 3 aromatic rings. The molecule has 0 aliphatic rings. The van der Waals surface area contributed by atoms with E-state index in [0.717, 1.165) is 22.2 Å². The highest BCUT2D eigenvalue weighted by Gasteiger charge is 2.30. The van der Waals surface area contributed by atoms with Gasteiger partial charge in [0, 0.05) is 15.3 Å². The van der Waals surface area contributed by atoms with Gasteiger partial charge in [-0.1, -0.05) is 18.2 Å². The third-order valence-corrected chi connectivity index (χ3v) is 5.39. The van der Waals surface area contributed by atoms with Crippen LogP contribution in [-0.4, -0.2) is 17.7 Å². The minimum absolute atomic E-state index is 0.0493. The second kappa shape index (κ2) is 7.21. The zero-order chi connectivity index (χ0) is 19.7. The molecular weight excluding hydrogens is 377 g/mol. The van der Waals surface area contributed by atoms with Crippen molar-refractivity contribution < 1.29 is 23.1 Å². The number of thiophene rings is 1. The maximum atomic E-state index is 12.5. The quantitative estimate of drug-likeness (QED) is 0.586. The molecule has 1 aromatic heterocycles. The van der Waals surface area contributed by atoms with Crippen LogP contribution < -0.4 is 10.6 Å². The summed E-state index contributed by atoms with van der Waals surface area (Å²) in [6, 6.07) is 13.1. The number of halogens is 3. The van der Waals surface area contributed by atoms with Crippen molar-refractivity contribution >= 4 is 33.1 Å². The first kappa shape index (κ1) is 19.2. The highest BCUT2D eigenvalue weighted by molar-refractivity contribution is 7.19. The molecule has 0 fully saturated rings. The Kier molecular flexibility index (Phi) is 5.12. The molecule has 0 saturated carbocycles. The Bertz CT molecular complexity index is 916. The van der Waals surface area contributed by atoms with Gasteiger partial charge >= 0.3 is 12.2 Å². The number of fused-ring (bicyclic) bond motifs is 1. The molecule has 0 radical (unpaired) electrons. The van der Waals surface area contributed by atoms with Crippen LogP contribution in [0, 0.1) is 0 Å². The molecule has 142 valence electrons. The van der Waals surface area contributed by atoms with Crippen LogP contribution in [0.3, 0.4) is 0 Å². The molecule has 1 heterocycles. The monoisotopic (exact) mass is 394 g/mol. The summed E-state index contributed by atoms with van der Waals surface area (Å²) in [6.45, 7) is 1.54. The van der Waals surface area contributed by atoms with Crippen LogP contribution in [0.25, 0.3) is 10.1 Å². The molecule has 0 aliphatic carbocycles. The van der Waals surface area contributed by atoms with Gasteiger partial charge in [0.1, 0.15) is 5.60 Å². The molecule has 2 amide bonds. The summed E-state index contributed by atoms with van der Waals surface area (Å²) in [5, 5.41) is 16.7. The molecular formula is C19H17F3N2O2S. The summed E-state index contributed by atoms with van der Waals surface area (Å²) in [7, 11) is 0. The minimum Gasteiger partial charge on any atom is -0.383 e. The maximum absolute atomic E-state index is 12.5. The van der Waals surface area contributed by atoms with Crippen LogP contribution >= 0.6 is 11.3 Å². The van der Waals surface area contributed by atoms with E-state index in [4.69, 9.17) is 0 Å². The van der Waals surface area contributed by atoms with Crippen LogP contribution in [0.4, 0.5) is 23.7 Å². The van der Waals surface area contributed by atoms with E-state index in [2.05, 4.69) is 10.6 Å². The van der Waals surface area contributed by atoms with E-state index in [1.165, 1.54) is 23.5 Å². The lowest BCUT2D eigenvalue weighted by atomic mass is 10.0. The van der Waals surface area contributed by atoms with Gasteiger partial charge in [-0.05, 0) is 48.7 Å². The van der Waals surface area contributed by atoms with Crippen molar-refractivity contribution in [2.75, 3.05) is 11.9 Å². The van der Waals surface area contributed by atoms with Gasteiger partial charge in [-0.3, -0.25) is 0 Å². The Morgan fingerprint density at radius 2 is 1.78 bits per heavy atom. The molecule has 3 rings (SSSR count). The summed E-state index contributed by atoms with van der Waals surface area (Å²) >= 11 is 1.44. The number of anilines is 1. The second-order valence-electron chi connectivity index (χ2n) is 6.31. The third-order valence-electron chi connectivity index (χ3n) is 4.02. The number of amides is 2. The Morgan fingerprint density at radius 1 is 1.11 bits per heavy atom. The molecule has 4 nitrogen and oxygen atoms in total. The number of hydrogen-bond donors (Lipinski definition) is 3. The van der Waals surface area contributed by atoms with Crippen molar-refractivity contribution in [3.05, 3.63) is 65.0 Å². The summed E-state index contributed by atoms with van der Waals surface area (Å²) in [5.41, 5.74) is -1.84. The SMILES string of the molecule is CC(O)(CNC(=O)Nc1ccc(C(F)(F)F)cc1)c1cc2ccccc2s1. The zero-order valence-corrected chi connectivity index (χ0v) is 15.1. The van der Waals surface area contributed by atoms with Gasteiger partial charge in [0.2, 0.25) is 0 Å². The Hall–Kier alpha value is -2.58. The van der Waals surface area contributed by atoms with Crippen molar-refractivity contribution in [3.63, 3.8) is 0 Å². The average molecular weight is 394 g/mol. The standard InChI is InChI=1S/C19H17F3N2O2S/c1-18(26,16-10-12-4-2-3-5-15(12)27-16)11-23-17(25)24-14-8-6-13(7-9-14)19(20,21)22/h2-10,26H,11H2,1H3,(H2,23,24,25). The van der Waals surface area contributed by atoms with Crippen molar-refractivity contribution in [2.24, 2.45) is 0 Å². The smallest absolute Gasteiger partial charge is 0.383 e. The van der Waals surface area contributed by atoms with Crippen LogP contribution in [0.5, 0.6) is 0 Å². The van der Waals surface area contributed by atoms with Crippen LogP contribution in [0.1, 0.15) is 17.4 Å². The highest BCUT2D eigenvalue weighted by atomic mass is 32.1. The number of carbonyl (C=O) groups excluding carboxylic acids is 1. The van der Waals surface area contributed by atoms with E-state index in [9.17, 15) is 23.1 Å². The Balaban J connectivity index is 1.60. The van der Waals surface area contributed by atoms with Gasteiger partial charge < -0.3 is 15.7 Å². The number of urea groups is 1. The van der Waals surface area contributed by atoms with Crippen LogP contribution in [0.15, 0.2) is 54.6 Å². The zero-order valence-electron chi connectivity index (χ0n) is 14.3.